The van der Waals surface area contributed by atoms with Gasteiger partial charge in [-0.2, -0.15) is 0 Å². The molecule has 2 rings (SSSR count). The number of hydrogen-bond donors (Lipinski definition) is 1. The van der Waals surface area contributed by atoms with Gasteiger partial charge in [0.1, 0.15) is 0 Å². The first kappa shape index (κ1) is 12.5. The van der Waals surface area contributed by atoms with Crippen LogP contribution in [-0.4, -0.2) is 40.3 Å². The highest BCUT2D eigenvalue weighted by atomic mass is 16.5. The summed E-state index contributed by atoms with van der Waals surface area (Å²) < 4.78 is 7.61. The maximum atomic E-state index is 5.75. The van der Waals surface area contributed by atoms with Gasteiger partial charge < -0.3 is 10.1 Å². The van der Waals surface area contributed by atoms with Crippen LogP contribution in [0, 0.1) is 5.92 Å². The predicted octanol–water partition coefficient (Wildman–Crippen LogP) is 1.07. The van der Waals surface area contributed by atoms with E-state index in [9.17, 15) is 0 Å². The van der Waals surface area contributed by atoms with Crippen molar-refractivity contribution >= 4 is 0 Å². The zero-order valence-corrected chi connectivity index (χ0v) is 10.7. The zero-order chi connectivity index (χ0) is 12.1. The summed E-state index contributed by atoms with van der Waals surface area (Å²) in [6.07, 6.45) is 6.24. The van der Waals surface area contributed by atoms with Gasteiger partial charge >= 0.3 is 0 Å². The Bertz CT molecular complexity index is 312. The SMILES string of the molecule is CC(C)C1CC(NCCn2ccnn2)CCO1. The van der Waals surface area contributed by atoms with E-state index in [1.807, 2.05) is 10.9 Å². The third kappa shape index (κ3) is 3.78. The van der Waals surface area contributed by atoms with Crippen LogP contribution in [0.5, 0.6) is 0 Å². The fourth-order valence-corrected chi connectivity index (χ4v) is 2.21. The molecule has 0 aromatic carbocycles. The molecule has 1 saturated heterocycles. The number of ether oxygens (including phenoxy) is 1. The van der Waals surface area contributed by atoms with Crippen molar-refractivity contribution in [2.75, 3.05) is 13.2 Å². The topological polar surface area (TPSA) is 52.0 Å². The van der Waals surface area contributed by atoms with Gasteiger partial charge in [0, 0.05) is 25.4 Å². The quantitative estimate of drug-likeness (QED) is 0.833. The molecule has 96 valence electrons. The van der Waals surface area contributed by atoms with E-state index in [0.29, 0.717) is 18.1 Å². The minimum absolute atomic E-state index is 0.410. The van der Waals surface area contributed by atoms with Crippen LogP contribution in [0.2, 0.25) is 0 Å². The number of hydrogen-bond acceptors (Lipinski definition) is 4. The van der Waals surface area contributed by atoms with Crippen LogP contribution in [-0.2, 0) is 11.3 Å². The first-order valence-corrected chi connectivity index (χ1v) is 6.45. The van der Waals surface area contributed by atoms with Crippen molar-refractivity contribution in [1.82, 2.24) is 20.3 Å². The maximum absolute atomic E-state index is 5.75. The smallest absolute Gasteiger partial charge is 0.0692 e. The van der Waals surface area contributed by atoms with Crippen LogP contribution in [0.1, 0.15) is 26.7 Å². The van der Waals surface area contributed by atoms with Crippen LogP contribution >= 0.6 is 0 Å². The lowest BCUT2D eigenvalue weighted by molar-refractivity contribution is -0.0243. The lowest BCUT2D eigenvalue weighted by atomic mass is 9.95. The molecular formula is C12H22N4O. The van der Waals surface area contributed by atoms with E-state index in [1.54, 1.807) is 6.20 Å². The summed E-state index contributed by atoms with van der Waals surface area (Å²) >= 11 is 0. The third-order valence-corrected chi connectivity index (χ3v) is 3.30. The van der Waals surface area contributed by atoms with E-state index in [4.69, 9.17) is 4.74 Å². The van der Waals surface area contributed by atoms with Gasteiger partial charge in [0.25, 0.3) is 0 Å². The molecule has 1 aromatic heterocycles. The van der Waals surface area contributed by atoms with Gasteiger partial charge in [0.05, 0.1) is 18.8 Å². The molecule has 17 heavy (non-hydrogen) atoms. The van der Waals surface area contributed by atoms with E-state index in [-0.39, 0.29) is 0 Å². The van der Waals surface area contributed by atoms with E-state index < -0.39 is 0 Å². The normalized spacial score (nSPS) is 25.4. The molecule has 1 aliphatic rings. The Kier molecular flexibility index (Phi) is 4.50. The molecule has 0 radical (unpaired) electrons. The van der Waals surface area contributed by atoms with Gasteiger partial charge in [-0.1, -0.05) is 19.1 Å². The van der Waals surface area contributed by atoms with Gasteiger partial charge in [-0.15, -0.1) is 5.10 Å². The third-order valence-electron chi connectivity index (χ3n) is 3.30. The molecule has 0 saturated carbocycles. The van der Waals surface area contributed by atoms with Crippen molar-refractivity contribution in [3.63, 3.8) is 0 Å². The first-order chi connectivity index (χ1) is 8.25. The van der Waals surface area contributed by atoms with Crippen molar-refractivity contribution < 1.29 is 4.74 Å². The molecule has 0 bridgehead atoms. The number of nitrogens with one attached hydrogen (secondary N) is 1. The van der Waals surface area contributed by atoms with Crippen LogP contribution in [0.25, 0.3) is 0 Å². The standard InChI is InChI=1S/C12H22N4O/c1-10(2)12-9-11(3-8-17-12)13-4-6-16-7-5-14-15-16/h5,7,10-13H,3-4,6,8-9H2,1-2H3. The van der Waals surface area contributed by atoms with E-state index >= 15 is 0 Å². The Balaban J connectivity index is 1.68. The summed E-state index contributed by atoms with van der Waals surface area (Å²) in [4.78, 5) is 0. The summed E-state index contributed by atoms with van der Waals surface area (Å²) in [6.45, 7) is 7.15. The van der Waals surface area contributed by atoms with E-state index in [0.717, 1.165) is 32.5 Å². The summed E-state index contributed by atoms with van der Waals surface area (Å²) in [7, 11) is 0. The average molecular weight is 238 g/mol. The molecule has 2 atom stereocenters. The molecule has 0 amide bonds. The predicted molar refractivity (Wildman–Crippen MR) is 65.6 cm³/mol. The summed E-state index contributed by atoms with van der Waals surface area (Å²) in [5, 5.41) is 11.3. The van der Waals surface area contributed by atoms with Crippen molar-refractivity contribution in [1.29, 1.82) is 0 Å². The molecule has 2 unspecified atom stereocenters. The Morgan fingerprint density at radius 2 is 2.41 bits per heavy atom. The molecule has 5 nitrogen and oxygen atoms in total. The van der Waals surface area contributed by atoms with Crippen molar-refractivity contribution in [3.05, 3.63) is 12.4 Å². The van der Waals surface area contributed by atoms with E-state index in [1.165, 1.54) is 0 Å². The number of nitrogens with zero attached hydrogens (tertiary/aromatic N) is 3. The van der Waals surface area contributed by atoms with E-state index in [2.05, 4.69) is 29.5 Å². The number of rotatable bonds is 5. The second-order valence-corrected chi connectivity index (χ2v) is 4.99. The molecule has 2 heterocycles. The lowest BCUT2D eigenvalue weighted by Crippen LogP contribution is -2.41. The maximum Gasteiger partial charge on any atom is 0.0692 e. The largest absolute Gasteiger partial charge is 0.378 e. The minimum Gasteiger partial charge on any atom is -0.378 e. The fourth-order valence-electron chi connectivity index (χ4n) is 2.21. The minimum atomic E-state index is 0.410. The van der Waals surface area contributed by atoms with Crippen molar-refractivity contribution in [2.45, 2.75) is 45.4 Å². The highest BCUT2D eigenvalue weighted by Gasteiger charge is 2.24. The fraction of sp³-hybridized carbons (Fsp3) is 0.833. The van der Waals surface area contributed by atoms with Crippen LogP contribution < -0.4 is 5.32 Å². The first-order valence-electron chi connectivity index (χ1n) is 6.45. The summed E-state index contributed by atoms with van der Waals surface area (Å²) in [6, 6.07) is 0.583. The summed E-state index contributed by atoms with van der Waals surface area (Å²) in [5.41, 5.74) is 0. The monoisotopic (exact) mass is 238 g/mol. The molecule has 1 aliphatic heterocycles. The van der Waals surface area contributed by atoms with Gasteiger partial charge in [0.2, 0.25) is 0 Å². The second-order valence-electron chi connectivity index (χ2n) is 4.99. The van der Waals surface area contributed by atoms with Gasteiger partial charge in [-0.25, -0.2) is 0 Å². The van der Waals surface area contributed by atoms with Crippen LogP contribution in [0.3, 0.4) is 0 Å². The molecule has 5 heteroatoms. The van der Waals surface area contributed by atoms with Gasteiger partial charge in [-0.3, -0.25) is 4.68 Å². The molecule has 0 aliphatic carbocycles. The molecule has 1 aromatic rings. The average Bonchev–Trinajstić information content (AvgIpc) is 2.82. The molecule has 1 N–H and O–H groups in total. The highest BCUT2D eigenvalue weighted by molar-refractivity contribution is 4.78. The van der Waals surface area contributed by atoms with Crippen LogP contribution in [0.4, 0.5) is 0 Å². The molecular weight excluding hydrogens is 216 g/mol. The van der Waals surface area contributed by atoms with Crippen molar-refractivity contribution in [3.8, 4) is 0 Å². The summed E-state index contributed by atoms with van der Waals surface area (Å²) in [5.74, 6) is 0.606. The van der Waals surface area contributed by atoms with Gasteiger partial charge in [0.15, 0.2) is 0 Å². The molecule has 0 spiro atoms. The Hall–Kier alpha value is -0.940. The second kappa shape index (κ2) is 6.12. The Morgan fingerprint density at radius 1 is 1.53 bits per heavy atom. The Morgan fingerprint density at radius 3 is 3.12 bits per heavy atom. The Labute approximate surface area is 103 Å². The number of aromatic nitrogens is 3. The van der Waals surface area contributed by atoms with Crippen LogP contribution in [0.15, 0.2) is 12.4 Å². The van der Waals surface area contributed by atoms with Crippen molar-refractivity contribution in [2.24, 2.45) is 5.92 Å². The molecule has 1 fully saturated rings. The van der Waals surface area contributed by atoms with Gasteiger partial charge in [-0.05, 0) is 18.8 Å². The lowest BCUT2D eigenvalue weighted by Gasteiger charge is -2.32. The zero-order valence-electron chi connectivity index (χ0n) is 10.7. The highest BCUT2D eigenvalue weighted by Crippen LogP contribution is 2.19.